The number of rotatable bonds is 4. The molecule has 110 valence electrons. The molecule has 4 nitrogen and oxygen atoms in total. The van der Waals surface area contributed by atoms with Crippen molar-refractivity contribution in [2.24, 2.45) is 10.7 Å². The lowest BCUT2D eigenvalue weighted by Crippen LogP contribution is -2.41. The molecule has 0 saturated carbocycles. The molecule has 20 heavy (non-hydrogen) atoms. The summed E-state index contributed by atoms with van der Waals surface area (Å²) in [5.41, 5.74) is 6.98. The van der Waals surface area contributed by atoms with Crippen LogP contribution in [0.15, 0.2) is 23.2 Å². The maximum atomic E-state index is 13.3. The lowest BCUT2D eigenvalue weighted by atomic mass is 10.1. The molecule has 0 aromatic heterocycles. The van der Waals surface area contributed by atoms with Gasteiger partial charge in [-0.25, -0.2) is 4.39 Å². The molecule has 0 unspecified atom stereocenters. The van der Waals surface area contributed by atoms with Crippen molar-refractivity contribution < 1.29 is 9.13 Å². The van der Waals surface area contributed by atoms with Crippen LogP contribution in [-0.4, -0.2) is 37.6 Å². The minimum Gasteiger partial charge on any atom is -0.494 e. The normalized spacial score (nSPS) is 16.3. The zero-order chi connectivity index (χ0) is 14.4. The lowest BCUT2D eigenvalue weighted by molar-refractivity contribution is 0.338. The minimum absolute atomic E-state index is 0.274. The van der Waals surface area contributed by atoms with Crippen molar-refractivity contribution in [3.8, 4) is 5.75 Å². The van der Waals surface area contributed by atoms with E-state index in [2.05, 4.69) is 9.89 Å². The number of hydrogen-bond donors (Lipinski definition) is 1. The molecule has 5 heteroatoms. The van der Waals surface area contributed by atoms with E-state index in [1.54, 1.807) is 12.1 Å². The van der Waals surface area contributed by atoms with Gasteiger partial charge in [-0.2, -0.15) is 0 Å². The molecule has 0 amide bonds. The summed E-state index contributed by atoms with van der Waals surface area (Å²) in [6.45, 7) is 2.61. The summed E-state index contributed by atoms with van der Waals surface area (Å²) in [4.78, 5) is 6.54. The van der Waals surface area contributed by atoms with Gasteiger partial charge in [0.05, 0.1) is 7.11 Å². The summed E-state index contributed by atoms with van der Waals surface area (Å²) in [7, 11) is 1.47. The highest BCUT2D eigenvalue weighted by Gasteiger charge is 2.11. The number of aliphatic imine (C=N–C) groups is 1. The van der Waals surface area contributed by atoms with Gasteiger partial charge in [-0.3, -0.25) is 4.99 Å². The zero-order valence-electron chi connectivity index (χ0n) is 11.9. The van der Waals surface area contributed by atoms with E-state index in [9.17, 15) is 4.39 Å². The van der Waals surface area contributed by atoms with E-state index in [-0.39, 0.29) is 11.6 Å². The molecule has 0 radical (unpaired) electrons. The largest absolute Gasteiger partial charge is 0.494 e. The number of methoxy groups -OCH3 is 1. The molecule has 1 aromatic carbocycles. The quantitative estimate of drug-likeness (QED) is 0.679. The Kier molecular flexibility index (Phi) is 5.21. The first-order chi connectivity index (χ1) is 9.70. The molecular formula is C15H22FN3O. The van der Waals surface area contributed by atoms with Crippen molar-refractivity contribution in [2.75, 3.05) is 26.7 Å². The highest BCUT2D eigenvalue weighted by atomic mass is 19.1. The number of hydrogen-bond acceptors (Lipinski definition) is 2. The van der Waals surface area contributed by atoms with E-state index in [4.69, 9.17) is 10.5 Å². The Hall–Kier alpha value is -1.78. The minimum atomic E-state index is -0.340. The van der Waals surface area contributed by atoms with Crippen LogP contribution in [0.5, 0.6) is 5.75 Å². The first kappa shape index (κ1) is 14.6. The Bertz CT molecular complexity index is 470. The fraction of sp³-hybridized carbons (Fsp3) is 0.533. The van der Waals surface area contributed by atoms with Gasteiger partial charge in [-0.05, 0) is 43.4 Å². The number of guanidine groups is 1. The fourth-order valence-electron chi connectivity index (χ4n) is 2.38. The molecule has 1 fully saturated rings. The second kappa shape index (κ2) is 7.12. The van der Waals surface area contributed by atoms with Gasteiger partial charge in [-0.1, -0.05) is 6.07 Å². The second-order valence-corrected chi connectivity index (χ2v) is 5.01. The predicted octanol–water partition coefficient (Wildman–Crippen LogP) is 2.18. The van der Waals surface area contributed by atoms with Crippen LogP contribution in [-0.2, 0) is 6.42 Å². The first-order valence-corrected chi connectivity index (χ1v) is 7.08. The van der Waals surface area contributed by atoms with Crippen LogP contribution >= 0.6 is 0 Å². The molecule has 0 aliphatic carbocycles. The number of nitrogens with two attached hydrogens (primary N) is 1. The number of ether oxygens (including phenoxy) is 1. The highest BCUT2D eigenvalue weighted by Crippen LogP contribution is 2.18. The highest BCUT2D eigenvalue weighted by molar-refractivity contribution is 5.78. The van der Waals surface area contributed by atoms with E-state index in [0.717, 1.165) is 25.1 Å². The third-order valence-electron chi connectivity index (χ3n) is 3.57. The fourth-order valence-corrected chi connectivity index (χ4v) is 2.38. The maximum Gasteiger partial charge on any atom is 0.191 e. The smallest absolute Gasteiger partial charge is 0.191 e. The summed E-state index contributed by atoms with van der Waals surface area (Å²) in [6.07, 6.45) is 4.38. The van der Waals surface area contributed by atoms with Crippen LogP contribution in [0.2, 0.25) is 0 Å². The Morgan fingerprint density at radius 3 is 2.80 bits per heavy atom. The average molecular weight is 279 g/mol. The van der Waals surface area contributed by atoms with Crippen LogP contribution in [0.25, 0.3) is 0 Å². The lowest BCUT2D eigenvalue weighted by Gasteiger charge is -2.27. The van der Waals surface area contributed by atoms with Gasteiger partial charge in [0.2, 0.25) is 0 Å². The monoisotopic (exact) mass is 279 g/mol. The Morgan fingerprint density at radius 1 is 1.35 bits per heavy atom. The van der Waals surface area contributed by atoms with Gasteiger partial charge >= 0.3 is 0 Å². The van der Waals surface area contributed by atoms with Crippen molar-refractivity contribution in [2.45, 2.75) is 25.7 Å². The number of nitrogens with zero attached hydrogens (tertiary/aromatic N) is 2. The topological polar surface area (TPSA) is 50.9 Å². The number of benzene rings is 1. The Balaban J connectivity index is 1.88. The summed E-state index contributed by atoms with van der Waals surface area (Å²) in [5.74, 6) is 0.557. The SMILES string of the molecule is COc1cc(CCN=C(N)N2CCCCC2)ccc1F. The van der Waals surface area contributed by atoms with E-state index in [1.807, 2.05) is 0 Å². The standard InChI is InChI=1S/C15H22FN3O/c1-20-14-11-12(5-6-13(14)16)7-8-18-15(17)19-9-3-2-4-10-19/h5-6,11H,2-4,7-10H2,1H3,(H2,17,18). The number of likely N-dealkylation sites (tertiary alicyclic amines) is 1. The van der Waals surface area contributed by atoms with Crippen LogP contribution in [0.1, 0.15) is 24.8 Å². The molecule has 1 saturated heterocycles. The first-order valence-electron chi connectivity index (χ1n) is 7.08. The van der Waals surface area contributed by atoms with Crippen molar-refractivity contribution in [1.82, 2.24) is 4.90 Å². The van der Waals surface area contributed by atoms with E-state index in [1.165, 1.54) is 32.4 Å². The van der Waals surface area contributed by atoms with Crippen molar-refractivity contribution in [3.05, 3.63) is 29.6 Å². The summed E-state index contributed by atoms with van der Waals surface area (Å²) in [6, 6.07) is 4.89. The van der Waals surface area contributed by atoms with Crippen molar-refractivity contribution >= 4 is 5.96 Å². The molecule has 0 spiro atoms. The van der Waals surface area contributed by atoms with Gasteiger partial charge < -0.3 is 15.4 Å². The van der Waals surface area contributed by atoms with Crippen LogP contribution in [0.3, 0.4) is 0 Å². The molecule has 2 N–H and O–H groups in total. The molecule has 1 heterocycles. The second-order valence-electron chi connectivity index (χ2n) is 5.01. The molecule has 1 aliphatic heterocycles. The van der Waals surface area contributed by atoms with Gasteiger partial charge in [0.1, 0.15) is 0 Å². The number of piperidine rings is 1. The van der Waals surface area contributed by atoms with E-state index >= 15 is 0 Å². The van der Waals surface area contributed by atoms with Crippen molar-refractivity contribution in [3.63, 3.8) is 0 Å². The van der Waals surface area contributed by atoms with Gasteiger partial charge in [0.25, 0.3) is 0 Å². The molecule has 1 aliphatic rings. The van der Waals surface area contributed by atoms with Crippen LogP contribution in [0.4, 0.5) is 4.39 Å². The third-order valence-corrected chi connectivity index (χ3v) is 3.57. The van der Waals surface area contributed by atoms with E-state index in [0.29, 0.717) is 12.5 Å². The average Bonchev–Trinajstić information content (AvgIpc) is 2.49. The summed E-state index contributed by atoms with van der Waals surface area (Å²) in [5, 5.41) is 0. The van der Waals surface area contributed by atoms with Gasteiger partial charge in [-0.15, -0.1) is 0 Å². The van der Waals surface area contributed by atoms with Gasteiger partial charge in [0.15, 0.2) is 17.5 Å². The maximum absolute atomic E-state index is 13.3. The molecule has 0 bridgehead atoms. The molecule has 0 atom stereocenters. The Morgan fingerprint density at radius 2 is 2.10 bits per heavy atom. The van der Waals surface area contributed by atoms with Crippen LogP contribution in [0, 0.1) is 5.82 Å². The molecular weight excluding hydrogens is 257 g/mol. The predicted molar refractivity (Wildman–Crippen MR) is 78.6 cm³/mol. The summed E-state index contributed by atoms with van der Waals surface area (Å²) < 4.78 is 18.2. The molecule has 2 rings (SSSR count). The zero-order valence-corrected chi connectivity index (χ0v) is 11.9. The Labute approximate surface area is 119 Å². The third kappa shape index (κ3) is 3.85. The number of halogens is 1. The molecule has 1 aromatic rings. The van der Waals surface area contributed by atoms with Crippen molar-refractivity contribution in [1.29, 1.82) is 0 Å². The van der Waals surface area contributed by atoms with E-state index < -0.39 is 0 Å². The van der Waals surface area contributed by atoms with Gasteiger partial charge in [0, 0.05) is 19.6 Å². The summed E-state index contributed by atoms with van der Waals surface area (Å²) >= 11 is 0. The van der Waals surface area contributed by atoms with Crippen LogP contribution < -0.4 is 10.5 Å².